The van der Waals surface area contributed by atoms with E-state index in [2.05, 4.69) is 19.2 Å². The third kappa shape index (κ3) is 18.0. The summed E-state index contributed by atoms with van der Waals surface area (Å²) in [6.45, 7) is 19.4. The Balaban J connectivity index is 5.62. The SMILES string of the molecule is CC[Si](CC)(CC)O[C@H](C(=O)OC)[C@H](NC(=O)OC(C)(C)C)C(=O)O[C@H]([C@H](C)CO)[C@H](C)CCCCCCCCCCCC(C)C. The van der Waals surface area contributed by atoms with Gasteiger partial charge in [0.25, 0.3) is 0 Å². The van der Waals surface area contributed by atoms with Crippen LogP contribution in [-0.4, -0.2) is 69.0 Å². The van der Waals surface area contributed by atoms with E-state index in [4.69, 9.17) is 18.6 Å². The monoisotopic (exact) mass is 673 g/mol. The lowest BCUT2D eigenvalue weighted by atomic mass is 9.89. The molecule has 272 valence electrons. The number of methoxy groups -OCH3 is 1. The Labute approximate surface area is 282 Å². The number of aliphatic hydroxyl groups excluding tert-OH is 1. The quantitative estimate of drug-likeness (QED) is 0.0428. The summed E-state index contributed by atoms with van der Waals surface area (Å²) in [6, 6.07) is 0.689. The van der Waals surface area contributed by atoms with E-state index in [9.17, 15) is 19.5 Å². The number of ether oxygens (including phenoxy) is 3. The molecule has 1 amide bonds. The van der Waals surface area contributed by atoms with Gasteiger partial charge in [0.05, 0.1) is 7.11 Å². The molecule has 0 aromatic carbocycles. The molecule has 0 heterocycles. The molecule has 0 aromatic heterocycles. The van der Waals surface area contributed by atoms with Gasteiger partial charge in [-0.15, -0.1) is 0 Å². The fraction of sp³-hybridized carbons (Fsp3) is 0.917. The number of aliphatic hydroxyl groups is 1. The Morgan fingerprint density at radius 3 is 1.63 bits per heavy atom. The van der Waals surface area contributed by atoms with Crippen LogP contribution in [0.3, 0.4) is 0 Å². The predicted octanol–water partition coefficient (Wildman–Crippen LogP) is 8.57. The molecule has 2 N–H and O–H groups in total. The third-order valence-corrected chi connectivity index (χ3v) is 13.7. The molecular formula is C36H71NO8Si. The van der Waals surface area contributed by atoms with Crippen molar-refractivity contribution >= 4 is 26.3 Å². The Morgan fingerprint density at radius 2 is 1.22 bits per heavy atom. The maximum Gasteiger partial charge on any atom is 0.408 e. The molecule has 0 rings (SSSR count). The predicted molar refractivity (Wildman–Crippen MR) is 188 cm³/mol. The molecule has 0 bridgehead atoms. The molecule has 0 aromatic rings. The van der Waals surface area contributed by atoms with Gasteiger partial charge in [0.2, 0.25) is 0 Å². The number of hydrogen-bond donors (Lipinski definition) is 2. The van der Waals surface area contributed by atoms with Gasteiger partial charge in [-0.3, -0.25) is 0 Å². The number of alkyl carbamates (subject to hydrolysis) is 1. The molecule has 0 aliphatic heterocycles. The van der Waals surface area contributed by atoms with Gasteiger partial charge in [-0.2, -0.15) is 0 Å². The molecular weight excluding hydrogens is 602 g/mol. The molecule has 0 spiro atoms. The van der Waals surface area contributed by atoms with Crippen molar-refractivity contribution in [2.45, 2.75) is 182 Å². The second-order valence-corrected chi connectivity index (χ2v) is 19.3. The van der Waals surface area contributed by atoms with E-state index in [0.717, 1.165) is 43.3 Å². The van der Waals surface area contributed by atoms with Crippen LogP contribution < -0.4 is 5.32 Å². The molecule has 0 radical (unpaired) electrons. The number of nitrogens with one attached hydrogen (secondary N) is 1. The van der Waals surface area contributed by atoms with Crippen molar-refractivity contribution in [2.24, 2.45) is 17.8 Å². The van der Waals surface area contributed by atoms with Crippen molar-refractivity contribution in [3.05, 3.63) is 0 Å². The Morgan fingerprint density at radius 1 is 0.739 bits per heavy atom. The number of unbranched alkanes of at least 4 members (excludes halogenated alkanes) is 8. The Hall–Kier alpha value is -1.65. The van der Waals surface area contributed by atoms with Gasteiger partial charge < -0.3 is 29.1 Å². The highest BCUT2D eigenvalue weighted by atomic mass is 28.4. The summed E-state index contributed by atoms with van der Waals surface area (Å²) in [5.74, 6) is -1.16. The summed E-state index contributed by atoms with van der Waals surface area (Å²) in [5, 5.41) is 12.6. The van der Waals surface area contributed by atoms with E-state index in [1.807, 2.05) is 34.6 Å². The van der Waals surface area contributed by atoms with E-state index in [-0.39, 0.29) is 18.4 Å². The smallest absolute Gasteiger partial charge is 0.408 e. The summed E-state index contributed by atoms with van der Waals surface area (Å²) in [6.07, 6.45) is 10.3. The number of rotatable bonds is 25. The molecule has 0 saturated carbocycles. The number of hydrogen-bond acceptors (Lipinski definition) is 8. The molecule has 0 saturated heterocycles. The zero-order chi connectivity index (χ0) is 35.3. The Kier molecular flexibility index (Phi) is 22.8. The normalized spacial score (nSPS) is 15.5. The van der Waals surface area contributed by atoms with Crippen LogP contribution in [0, 0.1) is 17.8 Å². The van der Waals surface area contributed by atoms with Crippen molar-refractivity contribution in [3.63, 3.8) is 0 Å². The van der Waals surface area contributed by atoms with E-state index >= 15 is 0 Å². The minimum absolute atomic E-state index is 0.0397. The van der Waals surface area contributed by atoms with Gasteiger partial charge in [0, 0.05) is 12.5 Å². The molecule has 46 heavy (non-hydrogen) atoms. The van der Waals surface area contributed by atoms with Gasteiger partial charge in [0.15, 0.2) is 20.5 Å². The average molecular weight is 674 g/mol. The lowest BCUT2D eigenvalue weighted by Crippen LogP contribution is -2.58. The van der Waals surface area contributed by atoms with Crippen LogP contribution in [0.1, 0.15) is 140 Å². The zero-order valence-corrected chi connectivity index (χ0v) is 32.4. The number of carbonyl (C=O) groups is 3. The molecule has 0 aliphatic carbocycles. The maximum atomic E-state index is 13.9. The van der Waals surface area contributed by atoms with Crippen molar-refractivity contribution < 1.29 is 38.1 Å². The molecule has 5 atom stereocenters. The second kappa shape index (κ2) is 23.6. The first kappa shape index (κ1) is 44.3. The van der Waals surface area contributed by atoms with Crippen molar-refractivity contribution in [1.29, 1.82) is 0 Å². The lowest BCUT2D eigenvalue weighted by molar-refractivity contribution is -0.167. The molecule has 9 nitrogen and oxygen atoms in total. The molecule has 0 unspecified atom stereocenters. The molecule has 0 aliphatic rings. The zero-order valence-electron chi connectivity index (χ0n) is 31.4. The van der Waals surface area contributed by atoms with Crippen LogP contribution in [0.25, 0.3) is 0 Å². The van der Waals surface area contributed by atoms with Crippen molar-refractivity contribution in [2.75, 3.05) is 13.7 Å². The first-order chi connectivity index (χ1) is 21.6. The first-order valence-corrected chi connectivity index (χ1v) is 20.7. The summed E-state index contributed by atoms with van der Waals surface area (Å²) < 4.78 is 23.1. The minimum Gasteiger partial charge on any atom is -0.467 e. The highest BCUT2D eigenvalue weighted by Crippen LogP contribution is 2.28. The molecule has 10 heteroatoms. The van der Waals surface area contributed by atoms with Gasteiger partial charge >= 0.3 is 18.0 Å². The van der Waals surface area contributed by atoms with Gasteiger partial charge in [-0.25, -0.2) is 14.4 Å². The van der Waals surface area contributed by atoms with E-state index in [1.165, 1.54) is 58.5 Å². The first-order valence-electron chi connectivity index (χ1n) is 18.2. The standard InChI is InChI=1S/C36H71NO8Si/c1-12-46(13-2,14-3)45-32(34(40)42-11)30(37-35(41)44-36(8,9)10)33(39)43-31(29(7)26-38)28(6)25-23-21-19-17-15-16-18-20-22-24-27(4)5/h27-32,38H,12-26H2,1-11H3,(H,37,41)/t28-,29-,30+,31+,32+/m1/s1. The summed E-state index contributed by atoms with van der Waals surface area (Å²) in [4.78, 5) is 40.0. The van der Waals surface area contributed by atoms with Crippen LogP contribution in [0.2, 0.25) is 18.1 Å². The Bertz CT molecular complexity index is 834. The van der Waals surface area contributed by atoms with Crippen LogP contribution in [0.15, 0.2) is 0 Å². The summed E-state index contributed by atoms with van der Waals surface area (Å²) >= 11 is 0. The maximum absolute atomic E-state index is 13.9. The fourth-order valence-electron chi connectivity index (χ4n) is 5.86. The number of carbonyl (C=O) groups excluding carboxylic acids is 3. The van der Waals surface area contributed by atoms with Gasteiger partial charge in [-0.1, -0.05) is 113 Å². The third-order valence-electron chi connectivity index (χ3n) is 9.08. The van der Waals surface area contributed by atoms with E-state index < -0.39 is 50.2 Å². The van der Waals surface area contributed by atoms with Crippen molar-refractivity contribution in [1.82, 2.24) is 5.32 Å². The highest BCUT2D eigenvalue weighted by Gasteiger charge is 2.45. The second-order valence-electron chi connectivity index (χ2n) is 14.6. The molecule has 0 fully saturated rings. The van der Waals surface area contributed by atoms with E-state index in [0.29, 0.717) is 0 Å². The van der Waals surface area contributed by atoms with Crippen LogP contribution in [0.5, 0.6) is 0 Å². The fourth-order valence-corrected chi connectivity index (χ4v) is 8.63. The number of esters is 2. The number of amides is 1. The summed E-state index contributed by atoms with van der Waals surface area (Å²) in [7, 11) is -1.21. The van der Waals surface area contributed by atoms with Crippen molar-refractivity contribution in [3.8, 4) is 0 Å². The minimum atomic E-state index is -2.44. The topological polar surface area (TPSA) is 120 Å². The van der Waals surface area contributed by atoms with Gasteiger partial charge in [0.1, 0.15) is 11.7 Å². The highest BCUT2D eigenvalue weighted by molar-refractivity contribution is 6.73. The lowest BCUT2D eigenvalue weighted by Gasteiger charge is -2.36. The summed E-state index contributed by atoms with van der Waals surface area (Å²) in [5.41, 5.74) is -0.829. The van der Waals surface area contributed by atoms with E-state index in [1.54, 1.807) is 20.8 Å². The van der Waals surface area contributed by atoms with Crippen LogP contribution in [0.4, 0.5) is 4.79 Å². The largest absolute Gasteiger partial charge is 0.467 e. The van der Waals surface area contributed by atoms with Crippen LogP contribution >= 0.6 is 0 Å². The van der Waals surface area contributed by atoms with Gasteiger partial charge in [-0.05, 0) is 57.2 Å². The van der Waals surface area contributed by atoms with Crippen LogP contribution in [-0.2, 0) is 28.2 Å². The average Bonchev–Trinajstić information content (AvgIpc) is 3.00.